The number of aryl methyl sites for hydroxylation is 2. The van der Waals surface area contributed by atoms with Gasteiger partial charge in [-0.2, -0.15) is 5.10 Å². The molecule has 2 rings (SSSR count). The van der Waals surface area contributed by atoms with E-state index in [1.165, 1.54) is 0 Å². The first-order valence-electron chi connectivity index (χ1n) is 5.09. The zero-order valence-corrected chi connectivity index (χ0v) is 9.69. The Hall–Kier alpha value is -1.97. The Morgan fingerprint density at radius 2 is 2.00 bits per heavy atom. The van der Waals surface area contributed by atoms with Gasteiger partial charge in [0, 0.05) is 11.4 Å². The molecule has 4 heteroatoms. The van der Waals surface area contributed by atoms with Crippen molar-refractivity contribution < 1.29 is 4.74 Å². The van der Waals surface area contributed by atoms with Crippen molar-refractivity contribution in [3.05, 3.63) is 35.7 Å². The molecule has 1 heterocycles. The predicted molar refractivity (Wildman–Crippen MR) is 64.0 cm³/mol. The van der Waals surface area contributed by atoms with Crippen LogP contribution < -0.4 is 10.5 Å². The quantitative estimate of drug-likeness (QED) is 0.783. The highest BCUT2D eigenvalue weighted by Gasteiger charge is 2.09. The Morgan fingerprint density at radius 1 is 1.25 bits per heavy atom. The number of nitrogen functional groups attached to an aromatic ring is 1. The van der Waals surface area contributed by atoms with E-state index in [1.807, 2.05) is 42.8 Å². The third-order valence-corrected chi connectivity index (χ3v) is 2.44. The van der Waals surface area contributed by atoms with E-state index in [0.29, 0.717) is 5.69 Å². The summed E-state index contributed by atoms with van der Waals surface area (Å²) in [5.74, 6) is 0.764. The first kappa shape index (κ1) is 10.5. The molecule has 0 aliphatic carbocycles. The zero-order valence-electron chi connectivity index (χ0n) is 9.69. The average Bonchev–Trinajstić information content (AvgIpc) is 2.57. The van der Waals surface area contributed by atoms with Crippen LogP contribution in [0.2, 0.25) is 0 Å². The molecule has 0 saturated heterocycles. The van der Waals surface area contributed by atoms with Crippen LogP contribution in [0.1, 0.15) is 11.4 Å². The molecule has 0 unspecified atom stereocenters. The van der Waals surface area contributed by atoms with Crippen molar-refractivity contribution in [2.75, 3.05) is 12.8 Å². The Kier molecular flexibility index (Phi) is 2.56. The molecule has 0 fully saturated rings. The summed E-state index contributed by atoms with van der Waals surface area (Å²) in [4.78, 5) is 0. The maximum atomic E-state index is 5.78. The lowest BCUT2D eigenvalue weighted by Crippen LogP contribution is -2.03. The SMILES string of the molecule is COc1ccc(N)cc1-n1nc(C)cc1C. The first-order chi connectivity index (χ1) is 7.61. The van der Waals surface area contributed by atoms with Crippen molar-refractivity contribution in [1.29, 1.82) is 0 Å². The molecule has 0 aliphatic heterocycles. The highest BCUT2D eigenvalue weighted by atomic mass is 16.5. The summed E-state index contributed by atoms with van der Waals surface area (Å²) in [6.07, 6.45) is 0. The van der Waals surface area contributed by atoms with Gasteiger partial charge in [0.1, 0.15) is 11.4 Å². The van der Waals surface area contributed by atoms with E-state index in [1.54, 1.807) is 7.11 Å². The average molecular weight is 217 g/mol. The summed E-state index contributed by atoms with van der Waals surface area (Å²) in [7, 11) is 1.64. The number of benzene rings is 1. The smallest absolute Gasteiger partial charge is 0.144 e. The summed E-state index contributed by atoms with van der Waals surface area (Å²) < 4.78 is 7.14. The molecule has 2 aromatic rings. The molecule has 1 aromatic carbocycles. The van der Waals surface area contributed by atoms with Gasteiger partial charge in [0.05, 0.1) is 12.8 Å². The monoisotopic (exact) mass is 217 g/mol. The summed E-state index contributed by atoms with van der Waals surface area (Å²) in [5.41, 5.74) is 9.38. The fourth-order valence-electron chi connectivity index (χ4n) is 1.75. The number of hydrogen-bond donors (Lipinski definition) is 1. The van der Waals surface area contributed by atoms with Gasteiger partial charge >= 0.3 is 0 Å². The van der Waals surface area contributed by atoms with Crippen LogP contribution in [0.5, 0.6) is 5.75 Å². The normalized spacial score (nSPS) is 10.4. The van der Waals surface area contributed by atoms with Crippen LogP contribution >= 0.6 is 0 Å². The van der Waals surface area contributed by atoms with Crippen LogP contribution in [0.3, 0.4) is 0 Å². The standard InChI is InChI=1S/C12H15N3O/c1-8-6-9(2)15(14-8)11-7-10(13)4-5-12(11)16-3/h4-7H,13H2,1-3H3. The van der Waals surface area contributed by atoms with Gasteiger partial charge in [-0.05, 0) is 38.1 Å². The highest BCUT2D eigenvalue weighted by Crippen LogP contribution is 2.25. The van der Waals surface area contributed by atoms with E-state index in [2.05, 4.69) is 5.10 Å². The Labute approximate surface area is 94.6 Å². The van der Waals surface area contributed by atoms with E-state index in [4.69, 9.17) is 10.5 Å². The van der Waals surface area contributed by atoms with Crippen LogP contribution in [-0.4, -0.2) is 16.9 Å². The van der Waals surface area contributed by atoms with Gasteiger partial charge < -0.3 is 10.5 Å². The van der Waals surface area contributed by atoms with Crippen molar-refractivity contribution in [3.8, 4) is 11.4 Å². The van der Waals surface area contributed by atoms with Gasteiger partial charge in [-0.15, -0.1) is 0 Å². The summed E-state index contributed by atoms with van der Waals surface area (Å²) >= 11 is 0. The van der Waals surface area contributed by atoms with E-state index in [-0.39, 0.29) is 0 Å². The Morgan fingerprint density at radius 3 is 2.56 bits per heavy atom. The van der Waals surface area contributed by atoms with Gasteiger partial charge in [0.25, 0.3) is 0 Å². The maximum absolute atomic E-state index is 5.78. The van der Waals surface area contributed by atoms with Crippen LogP contribution in [0, 0.1) is 13.8 Å². The number of aromatic nitrogens is 2. The second-order valence-corrected chi connectivity index (χ2v) is 3.77. The number of methoxy groups -OCH3 is 1. The van der Waals surface area contributed by atoms with Crippen LogP contribution in [-0.2, 0) is 0 Å². The minimum absolute atomic E-state index is 0.698. The molecule has 84 valence electrons. The first-order valence-corrected chi connectivity index (χ1v) is 5.09. The number of nitrogens with two attached hydrogens (primary N) is 1. The molecule has 16 heavy (non-hydrogen) atoms. The molecule has 4 nitrogen and oxygen atoms in total. The number of nitrogens with zero attached hydrogens (tertiary/aromatic N) is 2. The Balaban J connectivity index is 2.62. The second kappa shape index (κ2) is 3.89. The summed E-state index contributed by atoms with van der Waals surface area (Å²) in [5, 5.41) is 4.41. The zero-order chi connectivity index (χ0) is 11.7. The maximum Gasteiger partial charge on any atom is 0.144 e. The lowest BCUT2D eigenvalue weighted by atomic mass is 10.2. The van der Waals surface area contributed by atoms with Crippen LogP contribution in [0.4, 0.5) is 5.69 Å². The third kappa shape index (κ3) is 1.74. The molecular formula is C12H15N3O. The van der Waals surface area contributed by atoms with Crippen LogP contribution in [0.15, 0.2) is 24.3 Å². The van der Waals surface area contributed by atoms with Gasteiger partial charge in [0.15, 0.2) is 0 Å². The molecule has 1 aromatic heterocycles. The highest BCUT2D eigenvalue weighted by molar-refractivity contribution is 5.56. The fourth-order valence-corrected chi connectivity index (χ4v) is 1.75. The van der Waals surface area contributed by atoms with Crippen molar-refractivity contribution >= 4 is 5.69 Å². The largest absolute Gasteiger partial charge is 0.494 e. The molecular weight excluding hydrogens is 202 g/mol. The number of ether oxygens (including phenoxy) is 1. The topological polar surface area (TPSA) is 53.1 Å². The molecule has 0 amide bonds. The fraction of sp³-hybridized carbons (Fsp3) is 0.250. The minimum Gasteiger partial charge on any atom is -0.494 e. The van der Waals surface area contributed by atoms with Crippen molar-refractivity contribution in [2.45, 2.75) is 13.8 Å². The molecule has 0 spiro atoms. The van der Waals surface area contributed by atoms with Gasteiger partial charge in [-0.25, -0.2) is 4.68 Å². The van der Waals surface area contributed by atoms with E-state index >= 15 is 0 Å². The Bertz CT molecular complexity index is 517. The third-order valence-electron chi connectivity index (χ3n) is 2.44. The van der Waals surface area contributed by atoms with E-state index in [9.17, 15) is 0 Å². The van der Waals surface area contributed by atoms with Crippen molar-refractivity contribution in [2.24, 2.45) is 0 Å². The second-order valence-electron chi connectivity index (χ2n) is 3.77. The molecule has 0 saturated carbocycles. The van der Waals surface area contributed by atoms with Gasteiger partial charge in [0.2, 0.25) is 0 Å². The lowest BCUT2D eigenvalue weighted by molar-refractivity contribution is 0.411. The van der Waals surface area contributed by atoms with E-state index in [0.717, 1.165) is 22.8 Å². The number of anilines is 1. The molecule has 0 bridgehead atoms. The van der Waals surface area contributed by atoms with Crippen molar-refractivity contribution in [1.82, 2.24) is 9.78 Å². The van der Waals surface area contributed by atoms with E-state index < -0.39 is 0 Å². The molecule has 0 aliphatic rings. The van der Waals surface area contributed by atoms with Gasteiger partial charge in [-0.3, -0.25) is 0 Å². The summed E-state index contributed by atoms with van der Waals surface area (Å²) in [6.45, 7) is 3.96. The molecule has 2 N–H and O–H groups in total. The lowest BCUT2D eigenvalue weighted by Gasteiger charge is -2.10. The number of rotatable bonds is 2. The van der Waals surface area contributed by atoms with Gasteiger partial charge in [-0.1, -0.05) is 0 Å². The minimum atomic E-state index is 0.698. The molecule has 0 atom stereocenters. The summed E-state index contributed by atoms with van der Waals surface area (Å²) in [6, 6.07) is 7.54. The molecule has 0 radical (unpaired) electrons. The predicted octanol–water partition coefficient (Wildman–Crippen LogP) is 2.08. The number of hydrogen-bond acceptors (Lipinski definition) is 3. The van der Waals surface area contributed by atoms with Crippen molar-refractivity contribution in [3.63, 3.8) is 0 Å². The van der Waals surface area contributed by atoms with Crippen LogP contribution in [0.25, 0.3) is 5.69 Å².